The summed E-state index contributed by atoms with van der Waals surface area (Å²) in [5.41, 5.74) is 6.76. The molecule has 0 aromatic heterocycles. The van der Waals surface area contributed by atoms with E-state index in [2.05, 4.69) is 24.4 Å². The van der Waals surface area contributed by atoms with Gasteiger partial charge in [-0.1, -0.05) is 49.4 Å². The number of nitrogens with zero attached hydrogens (tertiary/aromatic N) is 1. The summed E-state index contributed by atoms with van der Waals surface area (Å²) in [5.74, 6) is -0.0471. The maximum Gasteiger partial charge on any atom is 0.255 e. The van der Waals surface area contributed by atoms with Crippen LogP contribution in [0, 0.1) is 0 Å². The lowest BCUT2D eigenvalue weighted by Gasteiger charge is -2.26. The van der Waals surface area contributed by atoms with Crippen LogP contribution in [0.15, 0.2) is 66.7 Å². The van der Waals surface area contributed by atoms with Crippen molar-refractivity contribution in [2.75, 3.05) is 17.3 Å². The second kappa shape index (κ2) is 7.92. The summed E-state index contributed by atoms with van der Waals surface area (Å²) >= 11 is 0. The maximum absolute atomic E-state index is 12.9. The van der Waals surface area contributed by atoms with E-state index in [1.165, 1.54) is 0 Å². The molecule has 1 N–H and O–H groups in total. The van der Waals surface area contributed by atoms with E-state index in [4.69, 9.17) is 0 Å². The summed E-state index contributed by atoms with van der Waals surface area (Å²) in [4.78, 5) is 26.5. The van der Waals surface area contributed by atoms with Crippen molar-refractivity contribution in [1.82, 2.24) is 0 Å². The van der Waals surface area contributed by atoms with Gasteiger partial charge in [-0.25, -0.2) is 0 Å². The van der Waals surface area contributed by atoms with E-state index in [1.54, 1.807) is 11.9 Å². The van der Waals surface area contributed by atoms with Crippen LogP contribution in [0.3, 0.4) is 0 Å². The number of amides is 2. The molecule has 2 amide bonds. The van der Waals surface area contributed by atoms with Crippen molar-refractivity contribution in [2.45, 2.75) is 26.2 Å². The van der Waals surface area contributed by atoms with Crippen LogP contribution in [-0.4, -0.2) is 18.9 Å². The molecule has 0 aliphatic carbocycles. The highest BCUT2D eigenvalue weighted by atomic mass is 16.2. The molecule has 0 unspecified atom stereocenters. The van der Waals surface area contributed by atoms with Crippen molar-refractivity contribution in [3.63, 3.8) is 0 Å². The van der Waals surface area contributed by atoms with Gasteiger partial charge in [0, 0.05) is 30.4 Å². The number of hydrogen-bond acceptors (Lipinski definition) is 2. The fourth-order valence-electron chi connectivity index (χ4n) is 3.84. The molecule has 146 valence electrons. The number of nitrogens with one attached hydrogen (secondary N) is 1. The van der Waals surface area contributed by atoms with Gasteiger partial charge >= 0.3 is 0 Å². The lowest BCUT2D eigenvalue weighted by molar-refractivity contribution is -0.118. The molecule has 4 heteroatoms. The smallest absolute Gasteiger partial charge is 0.255 e. The molecule has 0 bridgehead atoms. The Morgan fingerprint density at radius 3 is 2.55 bits per heavy atom. The highest BCUT2D eigenvalue weighted by Crippen LogP contribution is 2.30. The predicted molar refractivity (Wildman–Crippen MR) is 117 cm³/mol. The van der Waals surface area contributed by atoms with Crippen LogP contribution in [0.5, 0.6) is 0 Å². The van der Waals surface area contributed by atoms with Crippen LogP contribution >= 0.6 is 0 Å². The molecule has 1 heterocycles. The molecule has 1 aliphatic heterocycles. The van der Waals surface area contributed by atoms with Gasteiger partial charge in [0.05, 0.1) is 0 Å². The van der Waals surface area contributed by atoms with E-state index in [-0.39, 0.29) is 11.8 Å². The molecular formula is C25H24N2O2. The number of anilines is 2. The van der Waals surface area contributed by atoms with Crippen LogP contribution in [0.2, 0.25) is 0 Å². The highest BCUT2D eigenvalue weighted by Gasteiger charge is 2.21. The first-order valence-corrected chi connectivity index (χ1v) is 9.96. The topological polar surface area (TPSA) is 49.4 Å². The molecule has 0 radical (unpaired) electrons. The third kappa shape index (κ3) is 3.79. The lowest BCUT2D eigenvalue weighted by Crippen LogP contribution is -2.31. The zero-order valence-corrected chi connectivity index (χ0v) is 16.7. The van der Waals surface area contributed by atoms with Crippen molar-refractivity contribution < 1.29 is 9.59 Å². The van der Waals surface area contributed by atoms with Crippen molar-refractivity contribution in [1.29, 1.82) is 0 Å². The Hall–Kier alpha value is -3.40. The second-order valence-electron chi connectivity index (χ2n) is 7.34. The Morgan fingerprint density at radius 1 is 1.00 bits per heavy atom. The van der Waals surface area contributed by atoms with Gasteiger partial charge in [-0.15, -0.1) is 0 Å². The standard InChI is InChI=1S/C25H24N2O2/c1-3-17-15-20(10-13-22(17)18-7-5-4-6-8-18)25(29)26-21-12-9-19-11-14-24(28)27(2)23(19)16-21/h4-10,12-13,15-16H,3,11,14H2,1-2H3,(H,26,29). The lowest BCUT2D eigenvalue weighted by atomic mass is 9.96. The first-order chi connectivity index (χ1) is 14.1. The molecule has 0 saturated carbocycles. The van der Waals surface area contributed by atoms with Gasteiger partial charge < -0.3 is 10.2 Å². The third-order valence-corrected chi connectivity index (χ3v) is 5.52. The maximum atomic E-state index is 12.9. The Balaban J connectivity index is 1.58. The SMILES string of the molecule is CCc1cc(C(=O)Nc2ccc3c(c2)N(C)C(=O)CC3)ccc1-c1ccccc1. The van der Waals surface area contributed by atoms with Crippen molar-refractivity contribution >= 4 is 23.2 Å². The van der Waals surface area contributed by atoms with E-state index in [9.17, 15) is 9.59 Å². The van der Waals surface area contributed by atoms with Crippen molar-refractivity contribution in [3.8, 4) is 11.1 Å². The molecule has 0 fully saturated rings. The second-order valence-corrected chi connectivity index (χ2v) is 7.34. The fourth-order valence-corrected chi connectivity index (χ4v) is 3.84. The molecule has 29 heavy (non-hydrogen) atoms. The van der Waals surface area contributed by atoms with E-state index in [0.717, 1.165) is 40.8 Å². The third-order valence-electron chi connectivity index (χ3n) is 5.52. The summed E-state index contributed by atoms with van der Waals surface area (Å²) in [6.07, 6.45) is 2.12. The van der Waals surface area contributed by atoms with Crippen LogP contribution in [0.25, 0.3) is 11.1 Å². The number of aryl methyl sites for hydroxylation is 2. The average Bonchev–Trinajstić information content (AvgIpc) is 2.76. The molecule has 1 aliphatic rings. The number of carbonyl (C=O) groups excluding carboxylic acids is 2. The molecule has 0 saturated heterocycles. The van der Waals surface area contributed by atoms with Crippen LogP contribution in [0.4, 0.5) is 11.4 Å². The summed E-state index contributed by atoms with van der Waals surface area (Å²) in [5, 5.41) is 2.98. The molecule has 3 aromatic rings. The zero-order valence-electron chi connectivity index (χ0n) is 16.7. The van der Waals surface area contributed by atoms with Gasteiger partial charge in [-0.05, 0) is 59.4 Å². The van der Waals surface area contributed by atoms with Crippen molar-refractivity contribution in [2.24, 2.45) is 0 Å². The minimum Gasteiger partial charge on any atom is -0.322 e. The number of carbonyl (C=O) groups is 2. The van der Waals surface area contributed by atoms with Crippen LogP contribution in [-0.2, 0) is 17.6 Å². The van der Waals surface area contributed by atoms with Gasteiger partial charge in [0.25, 0.3) is 5.91 Å². The normalized spacial score (nSPS) is 13.2. The summed E-state index contributed by atoms with van der Waals surface area (Å²) in [7, 11) is 1.78. The molecule has 3 aromatic carbocycles. The Kier molecular flexibility index (Phi) is 5.17. The molecule has 4 nitrogen and oxygen atoms in total. The molecular weight excluding hydrogens is 360 g/mol. The Bertz CT molecular complexity index is 1070. The van der Waals surface area contributed by atoms with E-state index in [0.29, 0.717) is 17.7 Å². The van der Waals surface area contributed by atoms with E-state index >= 15 is 0 Å². The quantitative estimate of drug-likeness (QED) is 0.682. The van der Waals surface area contributed by atoms with Gasteiger partial charge in [0.2, 0.25) is 5.91 Å². The summed E-state index contributed by atoms with van der Waals surface area (Å²) < 4.78 is 0. The number of hydrogen-bond donors (Lipinski definition) is 1. The monoisotopic (exact) mass is 384 g/mol. The van der Waals surface area contributed by atoms with Crippen LogP contribution < -0.4 is 10.2 Å². The minimum atomic E-state index is -0.149. The summed E-state index contributed by atoms with van der Waals surface area (Å²) in [6.45, 7) is 2.10. The zero-order chi connectivity index (χ0) is 20.4. The van der Waals surface area contributed by atoms with Crippen LogP contribution in [0.1, 0.15) is 34.8 Å². The summed E-state index contributed by atoms with van der Waals surface area (Å²) in [6, 6.07) is 21.8. The predicted octanol–water partition coefficient (Wildman–Crippen LogP) is 5.08. The number of rotatable bonds is 4. The fraction of sp³-hybridized carbons (Fsp3) is 0.200. The number of fused-ring (bicyclic) bond motifs is 1. The molecule has 4 rings (SSSR count). The van der Waals surface area contributed by atoms with Gasteiger partial charge in [0.1, 0.15) is 0 Å². The number of benzene rings is 3. The minimum absolute atomic E-state index is 0.102. The highest BCUT2D eigenvalue weighted by molar-refractivity contribution is 6.05. The molecule has 0 spiro atoms. The largest absolute Gasteiger partial charge is 0.322 e. The van der Waals surface area contributed by atoms with Gasteiger partial charge in [-0.2, -0.15) is 0 Å². The molecule has 0 atom stereocenters. The van der Waals surface area contributed by atoms with E-state index in [1.807, 2.05) is 54.6 Å². The first kappa shape index (κ1) is 18.9. The first-order valence-electron chi connectivity index (χ1n) is 9.96. The Labute approximate surface area is 171 Å². The van der Waals surface area contributed by atoms with Gasteiger partial charge in [0.15, 0.2) is 0 Å². The van der Waals surface area contributed by atoms with Gasteiger partial charge in [-0.3, -0.25) is 9.59 Å². The van der Waals surface area contributed by atoms with Crippen molar-refractivity contribution in [3.05, 3.63) is 83.4 Å². The average molecular weight is 384 g/mol. The Morgan fingerprint density at radius 2 is 1.79 bits per heavy atom. The van der Waals surface area contributed by atoms with E-state index < -0.39 is 0 Å².